The minimum atomic E-state index is -0.954. The Balaban J connectivity index is 2.07. The molecule has 2 atom stereocenters. The van der Waals surface area contributed by atoms with Crippen molar-refractivity contribution in [2.24, 2.45) is 11.8 Å². The zero-order chi connectivity index (χ0) is 12.3. The molecule has 0 saturated heterocycles. The maximum atomic E-state index is 11.9. The Morgan fingerprint density at radius 3 is 2.65 bits per heavy atom. The van der Waals surface area contributed by atoms with E-state index in [1.165, 1.54) is 0 Å². The molecule has 1 aliphatic carbocycles. The molecule has 0 fully saturated rings. The van der Waals surface area contributed by atoms with Gasteiger partial charge < -0.3 is 5.11 Å². The molecule has 1 aliphatic rings. The van der Waals surface area contributed by atoms with E-state index in [-0.39, 0.29) is 11.0 Å². The summed E-state index contributed by atoms with van der Waals surface area (Å²) in [5.74, 6) is -2.55. The van der Waals surface area contributed by atoms with Crippen LogP contribution in [0.15, 0.2) is 12.2 Å². The summed E-state index contributed by atoms with van der Waals surface area (Å²) in [4.78, 5) is 22.9. The van der Waals surface area contributed by atoms with Gasteiger partial charge in [0.15, 0.2) is 0 Å². The van der Waals surface area contributed by atoms with Crippen LogP contribution in [0.2, 0.25) is 0 Å². The van der Waals surface area contributed by atoms with Crippen LogP contribution in [0, 0.1) is 11.8 Å². The molecule has 90 valence electrons. The number of anilines is 1. The summed E-state index contributed by atoms with van der Waals surface area (Å²) >= 11 is 0.955. The average molecular weight is 254 g/mol. The fourth-order valence-corrected chi connectivity index (χ4v) is 2.13. The van der Waals surface area contributed by atoms with Crippen LogP contribution in [0.25, 0.3) is 0 Å². The Kier molecular flexibility index (Phi) is 3.43. The largest absolute Gasteiger partial charge is 0.481 e. The van der Waals surface area contributed by atoms with Crippen molar-refractivity contribution in [2.75, 3.05) is 5.32 Å². The fourth-order valence-electron chi connectivity index (χ4n) is 1.76. The fraction of sp³-hybridized carbons (Fsp3) is 0.444. The first kappa shape index (κ1) is 11.6. The number of nitrogens with one attached hydrogen (secondary N) is 1. The smallest absolute Gasteiger partial charge is 0.307 e. The van der Waals surface area contributed by atoms with Crippen LogP contribution < -0.4 is 5.32 Å². The van der Waals surface area contributed by atoms with Crippen LogP contribution in [0.5, 0.6) is 0 Å². The highest BCUT2D eigenvalue weighted by Crippen LogP contribution is 2.27. The van der Waals surface area contributed by atoms with Crippen LogP contribution in [0.1, 0.15) is 12.8 Å². The summed E-state index contributed by atoms with van der Waals surface area (Å²) < 4.78 is 3.51. The third-order valence-electron chi connectivity index (χ3n) is 2.62. The second-order valence-corrected chi connectivity index (χ2v) is 4.38. The summed E-state index contributed by atoms with van der Waals surface area (Å²) in [5, 5.41) is 18.8. The van der Waals surface area contributed by atoms with Gasteiger partial charge in [0, 0.05) is 11.5 Å². The average Bonchev–Trinajstić information content (AvgIpc) is 2.81. The highest BCUT2D eigenvalue weighted by molar-refractivity contribution is 7.09. The third-order valence-corrected chi connectivity index (χ3v) is 3.13. The Bertz CT molecular complexity index is 445. The minimum absolute atomic E-state index is 0.286. The molecule has 0 aliphatic heterocycles. The van der Waals surface area contributed by atoms with Crippen molar-refractivity contribution in [1.82, 2.24) is 14.8 Å². The molecule has 8 heteroatoms. The van der Waals surface area contributed by atoms with Crippen LogP contribution in [0.4, 0.5) is 5.13 Å². The molecule has 1 amide bonds. The normalized spacial score (nSPS) is 23.3. The molecule has 17 heavy (non-hydrogen) atoms. The number of allylic oxidation sites excluding steroid dienone is 2. The Labute approximate surface area is 101 Å². The summed E-state index contributed by atoms with van der Waals surface area (Å²) in [5.41, 5.74) is 0. The van der Waals surface area contributed by atoms with Gasteiger partial charge in [0.2, 0.25) is 11.0 Å². The number of amides is 1. The number of rotatable bonds is 3. The SMILES string of the molecule is O=C(O)[C@H]1CC=CC[C@H]1C(=O)Nc1nnns1. The lowest BCUT2D eigenvalue weighted by Crippen LogP contribution is -2.34. The number of aliphatic carboxylic acids is 1. The number of carboxylic acid groups (broad SMARTS) is 1. The van der Waals surface area contributed by atoms with E-state index in [1.807, 2.05) is 6.08 Å². The number of hydrogen-bond donors (Lipinski definition) is 2. The summed E-state index contributed by atoms with van der Waals surface area (Å²) in [7, 11) is 0. The molecule has 0 aromatic carbocycles. The van der Waals surface area contributed by atoms with Crippen molar-refractivity contribution in [1.29, 1.82) is 0 Å². The van der Waals surface area contributed by atoms with Gasteiger partial charge in [-0.15, -0.1) is 0 Å². The number of hydrogen-bond acceptors (Lipinski definition) is 6. The highest BCUT2D eigenvalue weighted by Gasteiger charge is 2.34. The first-order valence-corrected chi connectivity index (χ1v) is 5.79. The van der Waals surface area contributed by atoms with Crippen LogP contribution in [-0.2, 0) is 9.59 Å². The molecule has 1 heterocycles. The van der Waals surface area contributed by atoms with Gasteiger partial charge in [-0.2, -0.15) is 0 Å². The quantitative estimate of drug-likeness (QED) is 0.763. The predicted octanol–water partition coefficient (Wildman–Crippen LogP) is 0.539. The number of carbonyl (C=O) groups is 2. The predicted molar refractivity (Wildman–Crippen MR) is 59.3 cm³/mol. The molecule has 1 aromatic rings. The zero-order valence-corrected chi connectivity index (χ0v) is 9.55. The molecule has 0 radical (unpaired) electrons. The minimum Gasteiger partial charge on any atom is -0.481 e. The Hall–Kier alpha value is -1.83. The molecule has 2 N–H and O–H groups in total. The lowest BCUT2D eigenvalue weighted by atomic mass is 9.82. The maximum Gasteiger partial charge on any atom is 0.307 e. The maximum absolute atomic E-state index is 11.9. The second kappa shape index (κ2) is 5.00. The van der Waals surface area contributed by atoms with Gasteiger partial charge in [0.25, 0.3) is 0 Å². The Morgan fingerprint density at radius 1 is 1.35 bits per heavy atom. The standard InChI is InChI=1S/C9H10N4O3S/c14-7(10-9-11-12-13-17-9)5-3-1-2-4-6(5)8(15)16/h1-2,5-6H,3-4H2,(H,15,16)(H,10,11,13,14)/t5-,6+/m1/s1. The van der Waals surface area contributed by atoms with E-state index in [4.69, 9.17) is 5.11 Å². The van der Waals surface area contributed by atoms with E-state index >= 15 is 0 Å². The van der Waals surface area contributed by atoms with Crippen LogP contribution in [0.3, 0.4) is 0 Å². The first-order valence-electron chi connectivity index (χ1n) is 5.02. The lowest BCUT2D eigenvalue weighted by molar-refractivity contribution is -0.146. The van der Waals surface area contributed by atoms with Crippen molar-refractivity contribution < 1.29 is 14.7 Å². The van der Waals surface area contributed by atoms with Crippen molar-refractivity contribution in [3.8, 4) is 0 Å². The number of carboxylic acids is 1. The molecule has 0 saturated carbocycles. The Morgan fingerprint density at radius 2 is 2.06 bits per heavy atom. The van der Waals surface area contributed by atoms with Gasteiger partial charge in [-0.25, -0.2) is 0 Å². The molecule has 0 bridgehead atoms. The molecular weight excluding hydrogens is 244 g/mol. The first-order chi connectivity index (χ1) is 8.18. The molecule has 1 aromatic heterocycles. The molecule has 2 rings (SSSR count). The van der Waals surface area contributed by atoms with Crippen molar-refractivity contribution >= 4 is 28.5 Å². The summed E-state index contributed by atoms with van der Waals surface area (Å²) in [6, 6.07) is 0. The number of carbonyl (C=O) groups excluding carboxylic acids is 1. The number of nitrogens with zero attached hydrogens (tertiary/aromatic N) is 3. The van der Waals surface area contributed by atoms with Gasteiger partial charge in [0.05, 0.1) is 11.8 Å². The monoisotopic (exact) mass is 254 g/mol. The van der Waals surface area contributed by atoms with Crippen LogP contribution >= 0.6 is 11.5 Å². The van der Waals surface area contributed by atoms with Gasteiger partial charge >= 0.3 is 5.97 Å². The van der Waals surface area contributed by atoms with Crippen LogP contribution in [-0.4, -0.2) is 31.8 Å². The van der Waals surface area contributed by atoms with Gasteiger partial charge in [-0.1, -0.05) is 21.7 Å². The molecule has 7 nitrogen and oxygen atoms in total. The van der Waals surface area contributed by atoms with E-state index in [1.54, 1.807) is 6.08 Å². The van der Waals surface area contributed by atoms with E-state index in [0.717, 1.165) is 11.5 Å². The van der Waals surface area contributed by atoms with Crippen molar-refractivity contribution in [3.63, 3.8) is 0 Å². The van der Waals surface area contributed by atoms with Gasteiger partial charge in [-0.05, 0) is 18.1 Å². The van der Waals surface area contributed by atoms with E-state index in [0.29, 0.717) is 12.8 Å². The van der Waals surface area contributed by atoms with E-state index < -0.39 is 17.8 Å². The topological polar surface area (TPSA) is 105 Å². The third kappa shape index (κ3) is 2.64. The second-order valence-electron chi connectivity index (χ2n) is 3.65. The van der Waals surface area contributed by atoms with Gasteiger partial charge in [0.1, 0.15) is 0 Å². The summed E-state index contributed by atoms with van der Waals surface area (Å²) in [6.45, 7) is 0. The van der Waals surface area contributed by atoms with Crippen molar-refractivity contribution in [2.45, 2.75) is 12.8 Å². The molecule has 0 unspecified atom stereocenters. The van der Waals surface area contributed by atoms with Crippen molar-refractivity contribution in [3.05, 3.63) is 12.2 Å². The number of aromatic nitrogens is 3. The highest BCUT2D eigenvalue weighted by atomic mass is 32.1. The van der Waals surface area contributed by atoms with E-state index in [9.17, 15) is 9.59 Å². The molecular formula is C9H10N4O3S. The lowest BCUT2D eigenvalue weighted by Gasteiger charge is -2.23. The zero-order valence-electron chi connectivity index (χ0n) is 8.74. The van der Waals surface area contributed by atoms with E-state index in [2.05, 4.69) is 20.1 Å². The summed E-state index contributed by atoms with van der Waals surface area (Å²) in [6.07, 6.45) is 4.41. The van der Waals surface area contributed by atoms with Gasteiger partial charge in [-0.3, -0.25) is 14.9 Å². The molecule has 0 spiro atoms.